The molecule has 0 spiro atoms. The lowest BCUT2D eigenvalue weighted by Crippen LogP contribution is -2.47. The molecule has 0 aromatic carbocycles. The number of hydrogen-bond acceptors (Lipinski definition) is 2. The molecule has 5 heteroatoms. The molecule has 1 saturated heterocycles. The zero-order chi connectivity index (χ0) is 10.4. The molecule has 5 nitrogen and oxygen atoms in total. The average Bonchev–Trinajstić information content (AvgIpc) is 2.17. The minimum atomic E-state index is -0.0550. The van der Waals surface area contributed by atoms with Crippen molar-refractivity contribution in [1.29, 1.82) is 0 Å². The molecule has 1 heterocycles. The lowest BCUT2D eigenvalue weighted by Gasteiger charge is -2.27. The van der Waals surface area contributed by atoms with E-state index in [1.54, 1.807) is 4.90 Å². The second-order valence-electron chi connectivity index (χ2n) is 3.28. The molecule has 0 saturated carbocycles. The van der Waals surface area contributed by atoms with Crippen molar-refractivity contribution in [3.05, 3.63) is 0 Å². The van der Waals surface area contributed by atoms with Crippen molar-refractivity contribution in [1.82, 2.24) is 15.5 Å². The van der Waals surface area contributed by atoms with E-state index in [-0.39, 0.29) is 11.9 Å². The van der Waals surface area contributed by atoms with Gasteiger partial charge in [0.25, 0.3) is 0 Å². The highest BCUT2D eigenvalue weighted by Crippen LogP contribution is 1.99. The molecular formula is C9H17N3O2. The Balaban J connectivity index is 2.22. The third-order valence-corrected chi connectivity index (χ3v) is 2.15. The molecule has 0 atom stereocenters. The molecule has 14 heavy (non-hydrogen) atoms. The van der Waals surface area contributed by atoms with Crippen molar-refractivity contribution >= 4 is 11.9 Å². The van der Waals surface area contributed by atoms with Crippen LogP contribution in [-0.4, -0.2) is 43.0 Å². The average molecular weight is 199 g/mol. The number of carbonyl (C=O) groups is 2. The van der Waals surface area contributed by atoms with Gasteiger partial charge in [0, 0.05) is 32.6 Å². The fraction of sp³-hybridized carbons (Fsp3) is 0.778. The van der Waals surface area contributed by atoms with Crippen LogP contribution in [-0.2, 0) is 4.79 Å². The van der Waals surface area contributed by atoms with E-state index in [1.165, 1.54) is 0 Å². The molecule has 0 aromatic heterocycles. The first kappa shape index (κ1) is 10.8. The summed E-state index contributed by atoms with van der Waals surface area (Å²) < 4.78 is 0. The minimum absolute atomic E-state index is 0.00544. The van der Waals surface area contributed by atoms with Gasteiger partial charge in [-0.05, 0) is 13.3 Å². The normalized spacial score (nSPS) is 16.4. The van der Waals surface area contributed by atoms with Crippen LogP contribution in [0.15, 0.2) is 0 Å². The van der Waals surface area contributed by atoms with Gasteiger partial charge < -0.3 is 15.5 Å². The molecule has 2 N–H and O–H groups in total. The summed E-state index contributed by atoms with van der Waals surface area (Å²) in [6.07, 6.45) is 1.35. The number of urea groups is 1. The number of nitrogens with zero attached hydrogens (tertiary/aromatic N) is 1. The fourth-order valence-corrected chi connectivity index (χ4v) is 1.41. The molecule has 0 bridgehead atoms. The Hall–Kier alpha value is -1.26. The van der Waals surface area contributed by atoms with E-state index < -0.39 is 0 Å². The van der Waals surface area contributed by atoms with Gasteiger partial charge in [-0.2, -0.15) is 0 Å². The second kappa shape index (κ2) is 5.47. The number of amides is 3. The molecule has 0 aromatic rings. The lowest BCUT2D eigenvalue weighted by molar-refractivity contribution is -0.121. The van der Waals surface area contributed by atoms with Crippen molar-refractivity contribution in [2.45, 2.75) is 19.8 Å². The van der Waals surface area contributed by atoms with Gasteiger partial charge in [0.2, 0.25) is 5.91 Å². The first-order valence-electron chi connectivity index (χ1n) is 5.03. The number of hydrogen-bond donors (Lipinski definition) is 2. The van der Waals surface area contributed by atoms with E-state index in [9.17, 15) is 9.59 Å². The molecule has 1 rings (SSSR count). The van der Waals surface area contributed by atoms with Crippen LogP contribution in [0.5, 0.6) is 0 Å². The summed E-state index contributed by atoms with van der Waals surface area (Å²) in [5.74, 6) is 0.00544. The fourth-order valence-electron chi connectivity index (χ4n) is 1.41. The lowest BCUT2D eigenvalue weighted by atomic mass is 10.3. The van der Waals surface area contributed by atoms with E-state index in [0.717, 1.165) is 19.5 Å². The van der Waals surface area contributed by atoms with Gasteiger partial charge in [0.15, 0.2) is 0 Å². The Morgan fingerprint density at radius 3 is 3.07 bits per heavy atom. The second-order valence-corrected chi connectivity index (χ2v) is 3.28. The standard InChI is InChI=1S/C9H17N3O2/c1-2-10-8(13)4-7-12-6-3-5-11-9(12)14/h2-7H2,1H3,(H,10,13)(H,11,14). The van der Waals surface area contributed by atoms with Gasteiger partial charge in [-0.3, -0.25) is 4.79 Å². The molecule has 0 radical (unpaired) electrons. The quantitative estimate of drug-likeness (QED) is 0.665. The first-order valence-corrected chi connectivity index (χ1v) is 5.03. The van der Waals surface area contributed by atoms with E-state index in [1.807, 2.05) is 6.92 Å². The van der Waals surface area contributed by atoms with E-state index >= 15 is 0 Å². The maximum atomic E-state index is 11.2. The molecule has 1 aliphatic heterocycles. The van der Waals surface area contributed by atoms with E-state index in [2.05, 4.69) is 10.6 Å². The summed E-state index contributed by atoms with van der Waals surface area (Å²) in [7, 11) is 0. The van der Waals surface area contributed by atoms with Crippen molar-refractivity contribution in [2.75, 3.05) is 26.2 Å². The van der Waals surface area contributed by atoms with Crippen LogP contribution in [0, 0.1) is 0 Å². The minimum Gasteiger partial charge on any atom is -0.356 e. The molecule has 1 fully saturated rings. The molecular weight excluding hydrogens is 182 g/mol. The maximum Gasteiger partial charge on any atom is 0.317 e. The summed E-state index contributed by atoms with van der Waals surface area (Å²) in [6, 6.07) is -0.0550. The van der Waals surface area contributed by atoms with Crippen LogP contribution >= 0.6 is 0 Å². The third-order valence-electron chi connectivity index (χ3n) is 2.15. The maximum absolute atomic E-state index is 11.2. The first-order chi connectivity index (χ1) is 6.74. The highest BCUT2D eigenvalue weighted by atomic mass is 16.2. The van der Waals surface area contributed by atoms with Gasteiger partial charge in [-0.15, -0.1) is 0 Å². The van der Waals surface area contributed by atoms with Crippen molar-refractivity contribution < 1.29 is 9.59 Å². The molecule has 1 aliphatic rings. The number of rotatable bonds is 4. The van der Waals surface area contributed by atoms with Crippen molar-refractivity contribution in [3.8, 4) is 0 Å². The molecule has 0 aliphatic carbocycles. The highest BCUT2D eigenvalue weighted by Gasteiger charge is 2.17. The Bertz CT molecular complexity index is 218. The number of nitrogens with one attached hydrogen (secondary N) is 2. The summed E-state index contributed by atoms with van der Waals surface area (Å²) in [4.78, 5) is 24.0. The Morgan fingerprint density at radius 2 is 2.43 bits per heavy atom. The Kier molecular flexibility index (Phi) is 4.22. The van der Waals surface area contributed by atoms with Crippen LogP contribution < -0.4 is 10.6 Å². The van der Waals surface area contributed by atoms with Gasteiger partial charge in [-0.1, -0.05) is 0 Å². The van der Waals surface area contributed by atoms with E-state index in [0.29, 0.717) is 19.5 Å². The predicted molar refractivity (Wildman–Crippen MR) is 52.9 cm³/mol. The molecule has 0 unspecified atom stereocenters. The zero-order valence-corrected chi connectivity index (χ0v) is 8.51. The van der Waals surface area contributed by atoms with Crippen molar-refractivity contribution in [3.63, 3.8) is 0 Å². The predicted octanol–water partition coefficient (Wildman–Crippen LogP) is -0.0721. The third kappa shape index (κ3) is 3.24. The van der Waals surface area contributed by atoms with Crippen LogP contribution in [0.1, 0.15) is 19.8 Å². The summed E-state index contributed by atoms with van der Waals surface area (Å²) in [6.45, 7) is 4.54. The monoisotopic (exact) mass is 199 g/mol. The highest BCUT2D eigenvalue weighted by molar-refractivity contribution is 5.78. The molecule has 80 valence electrons. The van der Waals surface area contributed by atoms with Gasteiger partial charge in [-0.25, -0.2) is 4.79 Å². The van der Waals surface area contributed by atoms with Gasteiger partial charge >= 0.3 is 6.03 Å². The van der Waals surface area contributed by atoms with Crippen LogP contribution in [0.2, 0.25) is 0 Å². The summed E-state index contributed by atoms with van der Waals surface area (Å²) in [5, 5.41) is 5.45. The van der Waals surface area contributed by atoms with Crippen molar-refractivity contribution in [2.24, 2.45) is 0 Å². The van der Waals surface area contributed by atoms with Crippen LogP contribution in [0.4, 0.5) is 4.79 Å². The largest absolute Gasteiger partial charge is 0.356 e. The van der Waals surface area contributed by atoms with Crippen LogP contribution in [0.3, 0.4) is 0 Å². The SMILES string of the molecule is CCNC(=O)CCN1CCCNC1=O. The summed E-state index contributed by atoms with van der Waals surface area (Å²) in [5.41, 5.74) is 0. The number of carbonyl (C=O) groups excluding carboxylic acids is 2. The van der Waals surface area contributed by atoms with Gasteiger partial charge in [0.1, 0.15) is 0 Å². The topological polar surface area (TPSA) is 61.4 Å². The van der Waals surface area contributed by atoms with E-state index in [4.69, 9.17) is 0 Å². The molecule has 3 amide bonds. The Labute approximate surface area is 83.8 Å². The zero-order valence-electron chi connectivity index (χ0n) is 8.51. The smallest absolute Gasteiger partial charge is 0.317 e. The summed E-state index contributed by atoms with van der Waals surface area (Å²) >= 11 is 0. The Morgan fingerprint density at radius 1 is 1.64 bits per heavy atom. The van der Waals surface area contributed by atoms with Crippen LogP contribution in [0.25, 0.3) is 0 Å². The van der Waals surface area contributed by atoms with Gasteiger partial charge in [0.05, 0.1) is 0 Å².